The zero-order valence-electron chi connectivity index (χ0n) is 13.3. The van der Waals surface area contributed by atoms with E-state index in [1.54, 1.807) is 18.4 Å². The molecule has 1 heterocycles. The Labute approximate surface area is 130 Å². The number of hydrogen-bond acceptors (Lipinski definition) is 5. The molecule has 0 bridgehead atoms. The van der Waals surface area contributed by atoms with Crippen LogP contribution in [0.3, 0.4) is 0 Å². The molecular formula is C16H23N3OS. The minimum Gasteiger partial charge on any atom is -0.480 e. The summed E-state index contributed by atoms with van der Waals surface area (Å²) >= 11 is 1.66. The van der Waals surface area contributed by atoms with Crippen LogP contribution < -0.4 is 15.0 Å². The molecule has 0 aliphatic heterocycles. The summed E-state index contributed by atoms with van der Waals surface area (Å²) < 4.78 is 5.37. The highest BCUT2D eigenvalue weighted by Crippen LogP contribution is 2.30. The monoisotopic (exact) mass is 305 g/mol. The number of ether oxygens (including phenoxy) is 1. The number of aryl methyl sites for hydroxylation is 1. The quantitative estimate of drug-likeness (QED) is 0.888. The van der Waals surface area contributed by atoms with Crippen LogP contribution in [-0.4, -0.2) is 26.2 Å². The Morgan fingerprint density at radius 1 is 1.33 bits per heavy atom. The molecule has 0 fully saturated rings. The van der Waals surface area contributed by atoms with Crippen molar-refractivity contribution in [3.05, 3.63) is 40.3 Å². The minimum atomic E-state index is 0.292. The van der Waals surface area contributed by atoms with E-state index in [1.807, 2.05) is 19.0 Å². The van der Waals surface area contributed by atoms with Gasteiger partial charge in [-0.25, -0.2) is 0 Å². The maximum atomic E-state index is 5.37. The van der Waals surface area contributed by atoms with E-state index in [0.29, 0.717) is 11.9 Å². The molecule has 0 saturated heterocycles. The van der Waals surface area contributed by atoms with Gasteiger partial charge in [0.25, 0.3) is 0 Å². The average molecular weight is 305 g/mol. The third-order valence-corrected chi connectivity index (χ3v) is 4.65. The summed E-state index contributed by atoms with van der Waals surface area (Å²) in [5.41, 5.74) is 2.64. The number of anilines is 1. The lowest BCUT2D eigenvalue weighted by atomic mass is 10.0. The summed E-state index contributed by atoms with van der Waals surface area (Å²) in [6.07, 6.45) is 0. The second-order valence-electron chi connectivity index (χ2n) is 5.28. The van der Waals surface area contributed by atoms with Crippen LogP contribution in [0.25, 0.3) is 0 Å². The fourth-order valence-electron chi connectivity index (χ4n) is 2.22. The average Bonchev–Trinajstić information content (AvgIpc) is 2.88. The zero-order chi connectivity index (χ0) is 15.4. The molecule has 2 rings (SSSR count). The highest BCUT2D eigenvalue weighted by Gasteiger charge is 2.14. The molecule has 0 amide bonds. The second-order valence-corrected chi connectivity index (χ2v) is 6.34. The van der Waals surface area contributed by atoms with E-state index >= 15 is 0 Å². The van der Waals surface area contributed by atoms with Crippen LogP contribution in [0.4, 0.5) is 5.13 Å². The van der Waals surface area contributed by atoms with Crippen LogP contribution in [0.2, 0.25) is 0 Å². The van der Waals surface area contributed by atoms with Crippen molar-refractivity contribution in [2.24, 2.45) is 0 Å². The van der Waals surface area contributed by atoms with Crippen LogP contribution in [-0.2, 0) is 6.54 Å². The van der Waals surface area contributed by atoms with Gasteiger partial charge in [-0.05, 0) is 25.0 Å². The lowest BCUT2D eigenvalue weighted by molar-refractivity contribution is 0.393. The van der Waals surface area contributed by atoms with Crippen LogP contribution >= 0.6 is 11.3 Å². The van der Waals surface area contributed by atoms with Gasteiger partial charge in [0, 0.05) is 26.7 Å². The first-order chi connectivity index (χ1) is 10.0. The van der Waals surface area contributed by atoms with Crippen molar-refractivity contribution in [2.75, 3.05) is 26.1 Å². The molecule has 0 radical (unpaired) electrons. The van der Waals surface area contributed by atoms with Crippen molar-refractivity contribution in [1.29, 1.82) is 0 Å². The van der Waals surface area contributed by atoms with Crippen molar-refractivity contribution in [3.63, 3.8) is 0 Å². The van der Waals surface area contributed by atoms with Gasteiger partial charge in [-0.1, -0.05) is 35.6 Å². The fraction of sp³-hybridized carbons (Fsp3) is 0.438. The summed E-state index contributed by atoms with van der Waals surface area (Å²) in [6, 6.07) is 8.76. The molecule has 0 unspecified atom stereocenters. The highest BCUT2D eigenvalue weighted by atomic mass is 32.1. The third-order valence-electron chi connectivity index (χ3n) is 3.45. The summed E-state index contributed by atoms with van der Waals surface area (Å²) in [5.74, 6) is 0.716. The Balaban J connectivity index is 2.07. The van der Waals surface area contributed by atoms with Crippen molar-refractivity contribution in [1.82, 2.24) is 10.3 Å². The molecule has 5 heteroatoms. The molecule has 114 valence electrons. The first-order valence-corrected chi connectivity index (χ1v) is 7.84. The van der Waals surface area contributed by atoms with Crippen LogP contribution in [0, 0.1) is 6.92 Å². The van der Waals surface area contributed by atoms with Gasteiger partial charge in [-0.2, -0.15) is 4.98 Å². The number of nitrogens with one attached hydrogen (secondary N) is 1. The van der Waals surface area contributed by atoms with Gasteiger partial charge in [-0.15, -0.1) is 0 Å². The number of methoxy groups -OCH3 is 1. The Bertz CT molecular complexity index is 595. The lowest BCUT2D eigenvalue weighted by Gasteiger charge is -2.16. The standard InChI is InChI=1S/C16H23N3OS/c1-11-8-6-7-9-13(11)12(2)17-10-14-15(20-5)18-16(21-14)19(3)4/h6-9,12,17H,10H2,1-5H3/t12-/m1/s1. The van der Waals surface area contributed by atoms with Crippen LogP contribution in [0.1, 0.15) is 29.0 Å². The Morgan fingerprint density at radius 3 is 2.67 bits per heavy atom. The number of hydrogen-bond donors (Lipinski definition) is 1. The SMILES string of the molecule is COc1nc(N(C)C)sc1CN[C@H](C)c1ccccc1C. The van der Waals surface area contributed by atoms with Gasteiger partial charge < -0.3 is 15.0 Å². The topological polar surface area (TPSA) is 37.4 Å². The number of aromatic nitrogens is 1. The van der Waals surface area contributed by atoms with Gasteiger partial charge in [0.1, 0.15) is 0 Å². The molecule has 0 spiro atoms. The minimum absolute atomic E-state index is 0.292. The molecule has 1 aromatic heterocycles. The van der Waals surface area contributed by atoms with Gasteiger partial charge in [0.05, 0.1) is 12.0 Å². The predicted molar refractivity (Wildman–Crippen MR) is 89.4 cm³/mol. The van der Waals surface area contributed by atoms with E-state index in [9.17, 15) is 0 Å². The number of benzene rings is 1. The second kappa shape index (κ2) is 6.91. The predicted octanol–water partition coefficient (Wildman–Crippen LogP) is 3.38. The zero-order valence-corrected chi connectivity index (χ0v) is 14.1. The molecule has 0 aliphatic carbocycles. The van der Waals surface area contributed by atoms with E-state index < -0.39 is 0 Å². The van der Waals surface area contributed by atoms with E-state index in [4.69, 9.17) is 4.74 Å². The first kappa shape index (κ1) is 15.8. The molecule has 1 aromatic carbocycles. The number of nitrogens with zero attached hydrogens (tertiary/aromatic N) is 2. The Morgan fingerprint density at radius 2 is 2.05 bits per heavy atom. The van der Waals surface area contributed by atoms with E-state index in [2.05, 4.69) is 48.4 Å². The maximum Gasteiger partial charge on any atom is 0.230 e. The molecule has 1 atom stereocenters. The smallest absolute Gasteiger partial charge is 0.230 e. The highest BCUT2D eigenvalue weighted by molar-refractivity contribution is 7.15. The number of rotatable bonds is 6. The molecule has 0 saturated carbocycles. The largest absolute Gasteiger partial charge is 0.480 e. The van der Waals surface area contributed by atoms with Gasteiger partial charge in [0.2, 0.25) is 5.88 Å². The van der Waals surface area contributed by atoms with Gasteiger partial charge >= 0.3 is 0 Å². The summed E-state index contributed by atoms with van der Waals surface area (Å²) in [4.78, 5) is 7.61. The lowest BCUT2D eigenvalue weighted by Crippen LogP contribution is -2.18. The van der Waals surface area contributed by atoms with Crippen molar-refractivity contribution in [2.45, 2.75) is 26.4 Å². The van der Waals surface area contributed by atoms with Crippen molar-refractivity contribution < 1.29 is 4.74 Å². The van der Waals surface area contributed by atoms with Gasteiger partial charge in [-0.3, -0.25) is 0 Å². The summed E-state index contributed by atoms with van der Waals surface area (Å²) in [5, 5.41) is 4.52. The van der Waals surface area contributed by atoms with Crippen molar-refractivity contribution >= 4 is 16.5 Å². The summed E-state index contributed by atoms with van der Waals surface area (Å²) in [6.45, 7) is 5.08. The molecule has 1 N–H and O–H groups in total. The van der Waals surface area contributed by atoms with E-state index in [0.717, 1.165) is 16.6 Å². The number of thiazole rings is 1. The summed E-state index contributed by atoms with van der Waals surface area (Å²) in [7, 11) is 5.65. The third kappa shape index (κ3) is 3.74. The van der Waals surface area contributed by atoms with Crippen molar-refractivity contribution in [3.8, 4) is 5.88 Å². The Hall–Kier alpha value is -1.59. The molecule has 4 nitrogen and oxygen atoms in total. The molecule has 21 heavy (non-hydrogen) atoms. The van der Waals surface area contributed by atoms with Gasteiger partial charge in [0.15, 0.2) is 5.13 Å². The Kier molecular flexibility index (Phi) is 5.20. The van der Waals surface area contributed by atoms with Crippen LogP contribution in [0.15, 0.2) is 24.3 Å². The molecule has 0 aliphatic rings. The fourth-order valence-corrected chi connectivity index (χ4v) is 3.12. The van der Waals surface area contributed by atoms with E-state index in [-0.39, 0.29) is 0 Å². The maximum absolute atomic E-state index is 5.37. The van der Waals surface area contributed by atoms with E-state index in [1.165, 1.54) is 11.1 Å². The molecular weight excluding hydrogens is 282 g/mol. The molecule has 2 aromatic rings. The first-order valence-electron chi connectivity index (χ1n) is 7.03. The normalized spacial score (nSPS) is 12.2. The van der Waals surface area contributed by atoms with Crippen LogP contribution in [0.5, 0.6) is 5.88 Å².